The second kappa shape index (κ2) is 10.2. The van der Waals surface area contributed by atoms with Crippen molar-refractivity contribution in [2.24, 2.45) is 11.8 Å². The molecule has 0 bridgehead atoms. The number of amides is 1. The van der Waals surface area contributed by atoms with Crippen molar-refractivity contribution in [1.29, 1.82) is 0 Å². The van der Waals surface area contributed by atoms with E-state index in [1.165, 1.54) is 6.42 Å². The predicted octanol–water partition coefficient (Wildman–Crippen LogP) is 4.46. The molecule has 0 radical (unpaired) electrons. The molecule has 1 aliphatic heterocycles. The van der Waals surface area contributed by atoms with Crippen LogP contribution in [-0.4, -0.2) is 51.4 Å². The fourth-order valence-electron chi connectivity index (χ4n) is 4.56. The van der Waals surface area contributed by atoms with Crippen LogP contribution in [0.25, 0.3) is 11.4 Å². The minimum atomic E-state index is -0.171. The molecule has 31 heavy (non-hydrogen) atoms. The number of ether oxygens (including phenoxy) is 2. The minimum Gasteiger partial charge on any atom is -0.446 e. The maximum absolute atomic E-state index is 12.7. The number of rotatable bonds is 6. The molecule has 0 unspecified atom stereocenters. The summed E-state index contributed by atoms with van der Waals surface area (Å²) in [5.41, 5.74) is 0.856. The molecule has 8 nitrogen and oxygen atoms in total. The lowest BCUT2D eigenvalue weighted by molar-refractivity contribution is -0.0284. The third-order valence-electron chi connectivity index (χ3n) is 6.41. The Labute approximate surface area is 183 Å². The molecule has 4 rings (SSSR count). The van der Waals surface area contributed by atoms with Crippen LogP contribution in [0.15, 0.2) is 29.0 Å². The number of hydrogen-bond donors (Lipinski definition) is 0. The van der Waals surface area contributed by atoms with E-state index in [0.29, 0.717) is 36.6 Å². The Morgan fingerprint density at radius 2 is 1.90 bits per heavy atom. The fraction of sp³-hybridized carbons (Fsp3) is 0.652. The van der Waals surface area contributed by atoms with Crippen molar-refractivity contribution in [2.75, 3.05) is 13.1 Å². The van der Waals surface area contributed by atoms with E-state index in [0.717, 1.165) is 37.7 Å². The van der Waals surface area contributed by atoms with E-state index in [4.69, 9.17) is 14.0 Å². The van der Waals surface area contributed by atoms with E-state index in [1.807, 2.05) is 17.0 Å². The molecule has 2 aromatic heterocycles. The van der Waals surface area contributed by atoms with Gasteiger partial charge in [-0.15, -0.1) is 0 Å². The summed E-state index contributed by atoms with van der Waals surface area (Å²) in [7, 11) is 0. The number of likely N-dealkylation sites (tertiary alicyclic amines) is 1. The van der Waals surface area contributed by atoms with Crippen LogP contribution >= 0.6 is 0 Å². The van der Waals surface area contributed by atoms with Crippen molar-refractivity contribution in [1.82, 2.24) is 20.0 Å². The number of aromatic nitrogens is 3. The Balaban J connectivity index is 1.21. The summed E-state index contributed by atoms with van der Waals surface area (Å²) >= 11 is 0. The molecule has 0 N–H and O–H groups in total. The average molecular weight is 429 g/mol. The molecule has 2 aliphatic rings. The Morgan fingerprint density at radius 3 is 2.65 bits per heavy atom. The zero-order chi connectivity index (χ0) is 21.6. The maximum Gasteiger partial charge on any atom is 0.410 e. The SMILES string of the molecule is CC(C)[C@H]1CCCC[C@@H]1OC(=O)N1CCC(OCc2nc(-c3ccncc3)no2)CC1. The van der Waals surface area contributed by atoms with Crippen molar-refractivity contribution in [3.05, 3.63) is 30.4 Å². The minimum absolute atomic E-state index is 0.0577. The summed E-state index contributed by atoms with van der Waals surface area (Å²) in [6.07, 6.45) is 9.42. The molecule has 2 atom stereocenters. The van der Waals surface area contributed by atoms with E-state index in [9.17, 15) is 4.79 Å². The Hall–Kier alpha value is -2.48. The molecule has 0 spiro atoms. The van der Waals surface area contributed by atoms with Crippen LogP contribution in [-0.2, 0) is 16.1 Å². The van der Waals surface area contributed by atoms with Crippen LogP contribution in [0.5, 0.6) is 0 Å². The molecule has 3 heterocycles. The van der Waals surface area contributed by atoms with Crippen LogP contribution in [0.3, 0.4) is 0 Å². The van der Waals surface area contributed by atoms with Crippen molar-refractivity contribution < 1.29 is 18.8 Å². The number of piperidine rings is 1. The zero-order valence-electron chi connectivity index (χ0n) is 18.4. The Bertz CT molecular complexity index is 833. The number of nitrogens with zero attached hydrogens (tertiary/aromatic N) is 4. The largest absolute Gasteiger partial charge is 0.446 e. The van der Waals surface area contributed by atoms with Crippen molar-refractivity contribution in [3.8, 4) is 11.4 Å². The molecule has 2 aromatic rings. The van der Waals surface area contributed by atoms with Gasteiger partial charge in [0.25, 0.3) is 5.89 Å². The van der Waals surface area contributed by atoms with Gasteiger partial charge >= 0.3 is 6.09 Å². The lowest BCUT2D eigenvalue weighted by atomic mass is 9.79. The number of carbonyl (C=O) groups excluding carboxylic acids is 1. The van der Waals surface area contributed by atoms with E-state index in [-0.39, 0.29) is 24.9 Å². The highest BCUT2D eigenvalue weighted by molar-refractivity contribution is 5.68. The highest BCUT2D eigenvalue weighted by atomic mass is 16.6. The third kappa shape index (κ3) is 5.61. The molecular formula is C23H32N4O4. The predicted molar refractivity (Wildman–Crippen MR) is 114 cm³/mol. The van der Waals surface area contributed by atoms with Crippen LogP contribution in [0.1, 0.15) is 58.3 Å². The first-order valence-electron chi connectivity index (χ1n) is 11.4. The highest BCUT2D eigenvalue weighted by Crippen LogP contribution is 2.33. The van der Waals surface area contributed by atoms with Gasteiger partial charge in [-0.25, -0.2) is 4.79 Å². The monoisotopic (exact) mass is 428 g/mol. The summed E-state index contributed by atoms with van der Waals surface area (Å²) in [6, 6.07) is 3.67. The quantitative estimate of drug-likeness (QED) is 0.671. The molecule has 0 aromatic carbocycles. The van der Waals surface area contributed by atoms with Gasteiger partial charge in [-0.05, 0) is 56.1 Å². The van der Waals surface area contributed by atoms with E-state index in [1.54, 1.807) is 12.4 Å². The van der Waals surface area contributed by atoms with Gasteiger partial charge in [-0.1, -0.05) is 25.4 Å². The van der Waals surface area contributed by atoms with E-state index in [2.05, 4.69) is 29.0 Å². The van der Waals surface area contributed by atoms with E-state index >= 15 is 0 Å². The first kappa shape index (κ1) is 21.7. The molecule has 8 heteroatoms. The van der Waals surface area contributed by atoms with Gasteiger partial charge < -0.3 is 18.9 Å². The van der Waals surface area contributed by atoms with Crippen molar-refractivity contribution in [3.63, 3.8) is 0 Å². The lowest BCUT2D eigenvalue weighted by Gasteiger charge is -2.37. The first-order chi connectivity index (χ1) is 15.1. The van der Waals surface area contributed by atoms with Gasteiger partial charge in [-0.3, -0.25) is 4.98 Å². The summed E-state index contributed by atoms with van der Waals surface area (Å²) in [5.74, 6) is 2.00. The molecule has 2 fully saturated rings. The first-order valence-corrected chi connectivity index (χ1v) is 11.4. The summed E-state index contributed by atoms with van der Waals surface area (Å²) in [4.78, 5) is 22.9. The number of pyridine rings is 1. The van der Waals surface area contributed by atoms with Crippen LogP contribution in [0.2, 0.25) is 0 Å². The van der Waals surface area contributed by atoms with Crippen molar-refractivity contribution >= 4 is 6.09 Å². The summed E-state index contributed by atoms with van der Waals surface area (Å²) < 4.78 is 17.2. The van der Waals surface area contributed by atoms with Crippen LogP contribution < -0.4 is 0 Å². The zero-order valence-corrected chi connectivity index (χ0v) is 18.4. The lowest BCUT2D eigenvalue weighted by Crippen LogP contribution is -2.44. The smallest absolute Gasteiger partial charge is 0.410 e. The standard InChI is InChI=1S/C23H32N4O4/c1-16(2)19-5-3-4-6-20(19)30-23(28)27-13-9-18(10-14-27)29-15-21-25-22(26-31-21)17-7-11-24-12-8-17/h7-8,11-12,16,18-20H,3-6,9-10,13-15H2,1-2H3/t19-,20+/m1/s1. The van der Waals surface area contributed by atoms with Crippen LogP contribution in [0, 0.1) is 11.8 Å². The van der Waals surface area contributed by atoms with Gasteiger partial charge in [-0.2, -0.15) is 4.98 Å². The van der Waals surface area contributed by atoms with Gasteiger partial charge in [0.15, 0.2) is 0 Å². The van der Waals surface area contributed by atoms with Gasteiger partial charge in [0, 0.05) is 31.0 Å². The molecule has 1 aliphatic carbocycles. The van der Waals surface area contributed by atoms with Crippen LogP contribution in [0.4, 0.5) is 4.79 Å². The topological polar surface area (TPSA) is 90.6 Å². The highest BCUT2D eigenvalue weighted by Gasteiger charge is 2.33. The summed E-state index contributed by atoms with van der Waals surface area (Å²) in [5, 5.41) is 4.00. The van der Waals surface area contributed by atoms with Gasteiger partial charge in [0.1, 0.15) is 12.7 Å². The Morgan fingerprint density at radius 1 is 1.16 bits per heavy atom. The molecule has 1 saturated carbocycles. The molecule has 168 valence electrons. The van der Waals surface area contributed by atoms with Crippen molar-refractivity contribution in [2.45, 2.75) is 71.2 Å². The molecular weight excluding hydrogens is 396 g/mol. The average Bonchev–Trinajstić information content (AvgIpc) is 3.28. The second-order valence-corrected chi connectivity index (χ2v) is 8.86. The third-order valence-corrected chi connectivity index (χ3v) is 6.41. The van der Waals surface area contributed by atoms with E-state index < -0.39 is 0 Å². The fourth-order valence-corrected chi connectivity index (χ4v) is 4.56. The normalized spacial score (nSPS) is 22.6. The Kier molecular flexibility index (Phi) is 7.17. The van der Waals surface area contributed by atoms with Gasteiger partial charge in [0.05, 0.1) is 6.10 Å². The molecule has 1 amide bonds. The van der Waals surface area contributed by atoms with Gasteiger partial charge in [0.2, 0.25) is 5.82 Å². The number of hydrogen-bond acceptors (Lipinski definition) is 7. The maximum atomic E-state index is 12.7. The molecule has 1 saturated heterocycles. The second-order valence-electron chi connectivity index (χ2n) is 8.86. The summed E-state index contributed by atoms with van der Waals surface area (Å²) in [6.45, 7) is 6.01. The number of carbonyl (C=O) groups is 1.